The van der Waals surface area contributed by atoms with Gasteiger partial charge in [0, 0.05) is 12.6 Å². The van der Waals surface area contributed by atoms with E-state index in [0.29, 0.717) is 28.8 Å². The highest BCUT2D eigenvalue weighted by Gasteiger charge is 2.32. The maximum Gasteiger partial charge on any atom is 0.180 e. The van der Waals surface area contributed by atoms with Crippen LogP contribution in [-0.4, -0.2) is 38.3 Å². The molecule has 1 saturated carbocycles. The fourth-order valence-corrected chi connectivity index (χ4v) is 3.33. The van der Waals surface area contributed by atoms with E-state index in [1.165, 1.54) is 5.56 Å². The van der Waals surface area contributed by atoms with Crippen molar-refractivity contribution in [1.29, 1.82) is 0 Å². The molecule has 1 aromatic carbocycles. The first-order valence-corrected chi connectivity index (χ1v) is 7.94. The minimum atomic E-state index is 0.304. The van der Waals surface area contributed by atoms with Crippen LogP contribution in [0.25, 0.3) is 0 Å². The largest absolute Gasteiger partial charge is 0.493 e. The standard InChI is InChI=1S/C16H23ClN2O2/c1-19-9-10(8-18)5-14(19)11-6-13(17)16(15(7-11)20-2)21-12-3-4-12/h6-7,10,12,14H,3-5,8-9,18H2,1-2H3. The van der Waals surface area contributed by atoms with E-state index in [1.54, 1.807) is 7.11 Å². The average Bonchev–Trinajstić information content (AvgIpc) is 3.21. The van der Waals surface area contributed by atoms with E-state index >= 15 is 0 Å². The number of nitrogens with two attached hydrogens (primary N) is 1. The molecule has 5 heteroatoms. The molecule has 0 amide bonds. The summed E-state index contributed by atoms with van der Waals surface area (Å²) in [5.74, 6) is 1.96. The third-order valence-corrected chi connectivity index (χ3v) is 4.69. The number of ether oxygens (including phenoxy) is 2. The molecule has 2 fully saturated rings. The summed E-state index contributed by atoms with van der Waals surface area (Å²) in [6, 6.07) is 4.42. The molecule has 1 aliphatic heterocycles. The summed E-state index contributed by atoms with van der Waals surface area (Å²) in [6.07, 6.45) is 3.57. The number of benzene rings is 1. The van der Waals surface area contributed by atoms with Crippen LogP contribution in [0.15, 0.2) is 12.1 Å². The van der Waals surface area contributed by atoms with Gasteiger partial charge in [0.25, 0.3) is 0 Å². The quantitative estimate of drug-likeness (QED) is 0.908. The minimum absolute atomic E-state index is 0.304. The predicted octanol–water partition coefficient (Wildman–Crippen LogP) is 2.84. The fourth-order valence-electron chi connectivity index (χ4n) is 3.07. The molecule has 0 radical (unpaired) electrons. The Morgan fingerprint density at radius 3 is 2.71 bits per heavy atom. The molecule has 116 valence electrons. The van der Waals surface area contributed by atoms with E-state index < -0.39 is 0 Å². The van der Waals surface area contributed by atoms with E-state index in [0.717, 1.165) is 38.1 Å². The first-order chi connectivity index (χ1) is 10.1. The molecule has 0 spiro atoms. The van der Waals surface area contributed by atoms with E-state index in [9.17, 15) is 0 Å². The van der Waals surface area contributed by atoms with Crippen LogP contribution in [0.2, 0.25) is 5.02 Å². The van der Waals surface area contributed by atoms with E-state index in [-0.39, 0.29) is 0 Å². The van der Waals surface area contributed by atoms with Gasteiger partial charge in [0.1, 0.15) is 0 Å². The van der Waals surface area contributed by atoms with Crippen LogP contribution < -0.4 is 15.2 Å². The van der Waals surface area contributed by atoms with E-state index in [1.807, 2.05) is 6.07 Å². The van der Waals surface area contributed by atoms with Crippen molar-refractivity contribution >= 4 is 11.6 Å². The Morgan fingerprint density at radius 1 is 1.38 bits per heavy atom. The average molecular weight is 311 g/mol. The summed E-state index contributed by atoms with van der Waals surface area (Å²) in [7, 11) is 3.80. The van der Waals surface area contributed by atoms with Crippen LogP contribution in [-0.2, 0) is 0 Å². The van der Waals surface area contributed by atoms with Crippen LogP contribution in [0.3, 0.4) is 0 Å². The molecule has 0 bridgehead atoms. The summed E-state index contributed by atoms with van der Waals surface area (Å²) in [5.41, 5.74) is 6.99. The Labute approximate surface area is 131 Å². The van der Waals surface area contributed by atoms with Crippen molar-refractivity contribution in [3.05, 3.63) is 22.7 Å². The number of likely N-dealkylation sites (tertiary alicyclic amines) is 1. The second kappa shape index (κ2) is 6.03. The number of halogens is 1. The SMILES string of the molecule is COc1cc(C2CC(CN)CN2C)cc(Cl)c1OC1CC1. The smallest absolute Gasteiger partial charge is 0.180 e. The maximum atomic E-state index is 6.43. The second-order valence-electron chi connectivity index (χ2n) is 6.14. The molecule has 1 heterocycles. The summed E-state index contributed by atoms with van der Waals surface area (Å²) in [4.78, 5) is 2.34. The van der Waals surface area contributed by atoms with Gasteiger partial charge in [0.15, 0.2) is 11.5 Å². The summed E-state index contributed by atoms with van der Waals surface area (Å²) in [6.45, 7) is 1.76. The maximum absolute atomic E-state index is 6.43. The normalized spacial score (nSPS) is 26.1. The first kappa shape index (κ1) is 14.9. The van der Waals surface area contributed by atoms with Crippen molar-refractivity contribution in [2.24, 2.45) is 11.7 Å². The van der Waals surface area contributed by atoms with Gasteiger partial charge < -0.3 is 15.2 Å². The molecule has 1 saturated heterocycles. The molecule has 2 aliphatic rings. The molecule has 2 N–H and O–H groups in total. The molecule has 1 aliphatic carbocycles. The molecule has 21 heavy (non-hydrogen) atoms. The van der Waals surface area contributed by atoms with Gasteiger partial charge in [-0.2, -0.15) is 0 Å². The van der Waals surface area contributed by atoms with Gasteiger partial charge in [-0.25, -0.2) is 0 Å². The van der Waals surface area contributed by atoms with Gasteiger partial charge in [0.05, 0.1) is 18.2 Å². The molecule has 1 aromatic rings. The van der Waals surface area contributed by atoms with Crippen LogP contribution in [0, 0.1) is 5.92 Å². The fraction of sp³-hybridized carbons (Fsp3) is 0.625. The van der Waals surface area contributed by atoms with E-state index in [4.69, 9.17) is 26.8 Å². The van der Waals surface area contributed by atoms with Crippen molar-refractivity contribution in [3.63, 3.8) is 0 Å². The molecule has 3 rings (SSSR count). The highest BCUT2D eigenvalue weighted by molar-refractivity contribution is 6.32. The number of nitrogens with zero attached hydrogens (tertiary/aromatic N) is 1. The zero-order chi connectivity index (χ0) is 15.0. The Hall–Kier alpha value is -0.970. The lowest BCUT2D eigenvalue weighted by Crippen LogP contribution is -2.20. The Balaban J connectivity index is 1.87. The van der Waals surface area contributed by atoms with Crippen molar-refractivity contribution in [2.75, 3.05) is 27.2 Å². The Kier molecular flexibility index (Phi) is 4.29. The van der Waals surface area contributed by atoms with Gasteiger partial charge in [-0.3, -0.25) is 4.90 Å². The zero-order valence-corrected chi connectivity index (χ0v) is 13.4. The lowest BCUT2D eigenvalue weighted by atomic mass is 9.99. The van der Waals surface area contributed by atoms with E-state index in [2.05, 4.69) is 18.0 Å². The Bertz CT molecular complexity index is 519. The lowest BCUT2D eigenvalue weighted by Gasteiger charge is -2.22. The highest BCUT2D eigenvalue weighted by atomic mass is 35.5. The molecule has 2 atom stereocenters. The van der Waals surface area contributed by atoms with Crippen LogP contribution >= 0.6 is 11.6 Å². The first-order valence-electron chi connectivity index (χ1n) is 7.56. The van der Waals surface area contributed by atoms with Crippen LogP contribution in [0.5, 0.6) is 11.5 Å². The zero-order valence-electron chi connectivity index (χ0n) is 12.6. The Morgan fingerprint density at radius 2 is 2.14 bits per heavy atom. The van der Waals surface area contributed by atoms with Crippen LogP contribution in [0.1, 0.15) is 30.9 Å². The van der Waals surface area contributed by atoms with Gasteiger partial charge in [-0.05, 0) is 56.5 Å². The second-order valence-corrected chi connectivity index (χ2v) is 6.55. The molecule has 2 unspecified atom stereocenters. The summed E-state index contributed by atoms with van der Waals surface area (Å²) >= 11 is 6.43. The molecular formula is C16H23ClN2O2. The van der Waals surface area contributed by atoms with Crippen LogP contribution in [0.4, 0.5) is 0 Å². The molecule has 4 nitrogen and oxygen atoms in total. The highest BCUT2D eigenvalue weighted by Crippen LogP contribution is 2.44. The summed E-state index contributed by atoms with van der Waals surface area (Å²) in [5, 5.41) is 0.640. The van der Waals surface area contributed by atoms with Gasteiger partial charge in [-0.15, -0.1) is 0 Å². The van der Waals surface area contributed by atoms with Crippen molar-refractivity contribution in [1.82, 2.24) is 4.90 Å². The molecule has 0 aromatic heterocycles. The number of hydrogen-bond acceptors (Lipinski definition) is 4. The predicted molar refractivity (Wildman–Crippen MR) is 84.2 cm³/mol. The van der Waals surface area contributed by atoms with Gasteiger partial charge >= 0.3 is 0 Å². The number of hydrogen-bond donors (Lipinski definition) is 1. The van der Waals surface area contributed by atoms with Gasteiger partial charge in [0.2, 0.25) is 0 Å². The lowest BCUT2D eigenvalue weighted by molar-refractivity contribution is 0.280. The monoisotopic (exact) mass is 310 g/mol. The van der Waals surface area contributed by atoms with Crippen molar-refractivity contribution in [2.45, 2.75) is 31.4 Å². The van der Waals surface area contributed by atoms with Crippen molar-refractivity contribution < 1.29 is 9.47 Å². The third-order valence-electron chi connectivity index (χ3n) is 4.41. The third kappa shape index (κ3) is 3.12. The number of rotatable bonds is 5. The minimum Gasteiger partial charge on any atom is -0.493 e. The topological polar surface area (TPSA) is 47.7 Å². The van der Waals surface area contributed by atoms with Crippen molar-refractivity contribution in [3.8, 4) is 11.5 Å². The van der Waals surface area contributed by atoms with Gasteiger partial charge in [-0.1, -0.05) is 11.6 Å². The number of methoxy groups -OCH3 is 1. The summed E-state index contributed by atoms with van der Waals surface area (Å²) < 4.78 is 11.4. The molecular weight excluding hydrogens is 288 g/mol.